The van der Waals surface area contributed by atoms with Gasteiger partial charge in [-0.3, -0.25) is 19.8 Å². The van der Waals surface area contributed by atoms with Crippen molar-refractivity contribution in [1.29, 1.82) is 0 Å². The zero-order chi connectivity index (χ0) is 24.5. The van der Waals surface area contributed by atoms with Crippen LogP contribution in [0.25, 0.3) is 11.3 Å². The number of aliphatic carboxylic acids is 1. The zero-order valence-corrected chi connectivity index (χ0v) is 18.6. The Balaban J connectivity index is 1.54. The summed E-state index contributed by atoms with van der Waals surface area (Å²) >= 11 is 0. The number of rotatable bonds is 6. The van der Waals surface area contributed by atoms with Crippen LogP contribution < -0.4 is 5.01 Å². The second-order valence-electron chi connectivity index (χ2n) is 8.36. The van der Waals surface area contributed by atoms with E-state index in [1.54, 1.807) is 30.7 Å². The molecule has 176 valence electrons. The maximum absolute atomic E-state index is 13.4. The van der Waals surface area contributed by atoms with E-state index in [9.17, 15) is 23.1 Å². The maximum atomic E-state index is 13.4. The summed E-state index contributed by atoms with van der Waals surface area (Å²) in [5.41, 5.74) is 4.39. The predicted octanol–water partition coefficient (Wildman–Crippen LogP) is 5.26. The molecule has 0 bridgehead atoms. The van der Waals surface area contributed by atoms with Gasteiger partial charge in [-0.2, -0.15) is 18.3 Å². The van der Waals surface area contributed by atoms with Crippen LogP contribution in [0.5, 0.6) is 0 Å². The molecule has 4 rings (SSSR count). The van der Waals surface area contributed by atoms with Crippen LogP contribution in [0.4, 0.5) is 18.9 Å². The molecule has 0 radical (unpaired) electrons. The van der Waals surface area contributed by atoms with Crippen LogP contribution in [0, 0.1) is 12.8 Å². The summed E-state index contributed by atoms with van der Waals surface area (Å²) in [6, 6.07) is 12.2. The van der Waals surface area contributed by atoms with Gasteiger partial charge in [0.1, 0.15) is 5.71 Å². The highest BCUT2D eigenvalue weighted by atomic mass is 19.4. The molecule has 0 aliphatic carbocycles. The van der Waals surface area contributed by atoms with Gasteiger partial charge in [-0.25, -0.2) is 0 Å². The van der Waals surface area contributed by atoms with Gasteiger partial charge >= 0.3 is 12.1 Å². The van der Waals surface area contributed by atoms with Gasteiger partial charge < -0.3 is 5.11 Å². The Bertz CT molecular complexity index is 1210. The second kappa shape index (κ2) is 9.24. The van der Waals surface area contributed by atoms with E-state index in [4.69, 9.17) is 0 Å². The van der Waals surface area contributed by atoms with Crippen molar-refractivity contribution < 1.29 is 23.1 Å². The van der Waals surface area contributed by atoms with Crippen LogP contribution in [-0.2, 0) is 11.2 Å². The van der Waals surface area contributed by atoms with E-state index in [1.807, 2.05) is 37.3 Å². The summed E-state index contributed by atoms with van der Waals surface area (Å²) in [5, 5.41) is 14.2. The predicted molar refractivity (Wildman–Crippen MR) is 123 cm³/mol. The van der Waals surface area contributed by atoms with Crippen molar-refractivity contribution in [3.05, 3.63) is 77.7 Å². The van der Waals surface area contributed by atoms with Crippen LogP contribution in [0.3, 0.4) is 0 Å². The van der Waals surface area contributed by atoms with Gasteiger partial charge in [-0.15, -0.1) is 0 Å². The van der Waals surface area contributed by atoms with Gasteiger partial charge in [0.15, 0.2) is 0 Å². The summed E-state index contributed by atoms with van der Waals surface area (Å²) in [6.45, 7) is 3.38. The normalized spacial score (nSPS) is 18.1. The molecule has 1 N–H and O–H groups in total. The van der Waals surface area contributed by atoms with Crippen LogP contribution >= 0.6 is 0 Å². The number of hydrogen-bond acceptors (Lipinski definition) is 5. The summed E-state index contributed by atoms with van der Waals surface area (Å²) in [7, 11) is 0. The first-order chi connectivity index (χ1) is 16.1. The molecule has 1 aliphatic rings. The SMILES string of the molecule is Cc1cc(-c2cnccn2)ccc1Cc1ccc(N2N=C(C(F)(F)F)C(C)C2CC(=O)O)cc1. The number of carbonyl (C=O) groups is 1. The van der Waals surface area contributed by atoms with E-state index in [1.165, 1.54) is 11.9 Å². The third-order valence-corrected chi connectivity index (χ3v) is 6.01. The summed E-state index contributed by atoms with van der Waals surface area (Å²) < 4.78 is 40.1. The minimum atomic E-state index is -4.61. The van der Waals surface area contributed by atoms with Crippen molar-refractivity contribution in [2.45, 2.75) is 38.9 Å². The standard InChI is InChI=1S/C25H23F3N4O2/c1-15-11-19(21-14-29-9-10-30-21)6-5-18(15)12-17-3-7-20(8-4-17)32-22(13-23(33)34)16(2)24(31-32)25(26,27)28/h3-11,14,16,22H,12-13H2,1-2H3,(H,33,34). The van der Waals surface area contributed by atoms with E-state index < -0.39 is 36.2 Å². The Morgan fingerprint density at radius 1 is 1.12 bits per heavy atom. The number of alkyl halides is 3. The van der Waals surface area contributed by atoms with Crippen molar-refractivity contribution in [2.75, 3.05) is 5.01 Å². The van der Waals surface area contributed by atoms with Crippen molar-refractivity contribution in [1.82, 2.24) is 9.97 Å². The number of hydrogen-bond donors (Lipinski definition) is 1. The third kappa shape index (κ3) is 4.93. The molecule has 1 aliphatic heterocycles. The molecule has 3 aromatic rings. The second-order valence-corrected chi connectivity index (χ2v) is 8.36. The van der Waals surface area contributed by atoms with Crippen molar-refractivity contribution >= 4 is 17.4 Å². The molecule has 0 saturated carbocycles. The zero-order valence-electron chi connectivity index (χ0n) is 18.6. The fourth-order valence-electron chi connectivity index (χ4n) is 4.17. The first-order valence-electron chi connectivity index (χ1n) is 10.7. The van der Waals surface area contributed by atoms with Crippen LogP contribution in [0.15, 0.2) is 66.2 Å². The highest BCUT2D eigenvalue weighted by Gasteiger charge is 2.48. The lowest BCUT2D eigenvalue weighted by molar-refractivity contribution is -0.137. The largest absolute Gasteiger partial charge is 0.481 e. The highest BCUT2D eigenvalue weighted by Crippen LogP contribution is 2.36. The van der Waals surface area contributed by atoms with Gasteiger partial charge in [0.05, 0.1) is 30.0 Å². The maximum Gasteiger partial charge on any atom is 0.431 e. The molecule has 2 unspecified atom stereocenters. The molecular weight excluding hydrogens is 445 g/mol. The van der Waals surface area contributed by atoms with Gasteiger partial charge in [0, 0.05) is 23.9 Å². The molecule has 2 atom stereocenters. The molecule has 6 nitrogen and oxygen atoms in total. The molecular formula is C25H23F3N4O2. The molecule has 1 aromatic heterocycles. The van der Waals surface area contributed by atoms with Gasteiger partial charge in [0.25, 0.3) is 0 Å². The minimum absolute atomic E-state index is 0.427. The monoisotopic (exact) mass is 468 g/mol. The molecule has 2 heterocycles. The minimum Gasteiger partial charge on any atom is -0.481 e. The van der Waals surface area contributed by atoms with E-state index in [0.29, 0.717) is 12.1 Å². The van der Waals surface area contributed by atoms with E-state index >= 15 is 0 Å². The Kier molecular flexibility index (Phi) is 6.37. The van der Waals surface area contributed by atoms with Crippen LogP contribution in [-0.4, -0.2) is 39.0 Å². The van der Waals surface area contributed by atoms with Crippen LogP contribution in [0.2, 0.25) is 0 Å². The number of nitrogens with zero attached hydrogens (tertiary/aromatic N) is 4. The van der Waals surface area contributed by atoms with Gasteiger partial charge in [-0.05, 0) is 48.2 Å². The number of aryl methyl sites for hydroxylation is 1. The number of anilines is 1. The lowest BCUT2D eigenvalue weighted by atomic mass is 9.94. The summed E-state index contributed by atoms with van der Waals surface area (Å²) in [5.74, 6) is -2.22. The Hall–Kier alpha value is -3.75. The molecule has 0 amide bonds. The number of carboxylic acids is 1. The summed E-state index contributed by atoms with van der Waals surface area (Å²) in [4.78, 5) is 19.7. The van der Waals surface area contributed by atoms with Crippen molar-refractivity contribution in [2.24, 2.45) is 11.0 Å². The molecule has 2 aromatic carbocycles. The van der Waals surface area contributed by atoms with Crippen molar-refractivity contribution in [3.8, 4) is 11.3 Å². The molecule has 0 spiro atoms. The first kappa shape index (κ1) is 23.4. The number of carboxylic acid groups (broad SMARTS) is 1. The smallest absolute Gasteiger partial charge is 0.431 e. The van der Waals surface area contributed by atoms with Gasteiger partial charge in [0.2, 0.25) is 0 Å². The molecule has 34 heavy (non-hydrogen) atoms. The number of halogens is 3. The van der Waals surface area contributed by atoms with Crippen molar-refractivity contribution in [3.63, 3.8) is 0 Å². The Labute approximate surface area is 194 Å². The Morgan fingerprint density at radius 2 is 1.85 bits per heavy atom. The number of aromatic nitrogens is 2. The average Bonchev–Trinajstić information content (AvgIpc) is 3.12. The van der Waals surface area contributed by atoms with E-state index in [2.05, 4.69) is 15.1 Å². The lowest BCUT2D eigenvalue weighted by Crippen LogP contribution is -2.36. The van der Waals surface area contributed by atoms with Gasteiger partial charge in [-0.1, -0.05) is 31.2 Å². The molecule has 9 heteroatoms. The quantitative estimate of drug-likeness (QED) is 0.534. The topological polar surface area (TPSA) is 78.7 Å². The fraction of sp³-hybridized carbons (Fsp3) is 0.280. The third-order valence-electron chi connectivity index (χ3n) is 6.01. The first-order valence-corrected chi connectivity index (χ1v) is 10.7. The van der Waals surface area contributed by atoms with E-state index in [-0.39, 0.29) is 0 Å². The van der Waals surface area contributed by atoms with E-state index in [0.717, 1.165) is 27.9 Å². The van der Waals surface area contributed by atoms with Crippen LogP contribution in [0.1, 0.15) is 30.0 Å². The Morgan fingerprint density at radius 3 is 2.44 bits per heavy atom. The number of hydrazone groups is 1. The average molecular weight is 468 g/mol. The highest BCUT2D eigenvalue weighted by molar-refractivity contribution is 5.95. The summed E-state index contributed by atoms with van der Waals surface area (Å²) in [6.07, 6.45) is 0.555. The molecule has 0 fully saturated rings. The molecule has 0 saturated heterocycles. The fourth-order valence-corrected chi connectivity index (χ4v) is 4.17. The lowest BCUT2D eigenvalue weighted by Gasteiger charge is -2.25. The number of benzene rings is 2.